The number of ether oxygens (including phenoxy) is 1. The molecule has 1 aliphatic rings. The summed E-state index contributed by atoms with van der Waals surface area (Å²) in [5.41, 5.74) is 0.929. The monoisotopic (exact) mass is 362 g/mol. The van der Waals surface area contributed by atoms with Crippen molar-refractivity contribution in [2.24, 2.45) is 0 Å². The Balaban J connectivity index is 1.80. The minimum absolute atomic E-state index is 0.105. The lowest BCUT2D eigenvalue weighted by molar-refractivity contribution is 0.0241. The minimum atomic E-state index is -0.274. The molecule has 1 aromatic carbocycles. The second kappa shape index (κ2) is 6.70. The molecule has 0 aliphatic carbocycles. The van der Waals surface area contributed by atoms with Crippen LogP contribution in [-0.4, -0.2) is 50.9 Å². The van der Waals surface area contributed by atoms with Gasteiger partial charge in [-0.25, -0.2) is 9.37 Å². The molecule has 1 N–H and O–H groups in total. The number of morpholine rings is 1. The Morgan fingerprint density at radius 1 is 1.28 bits per heavy atom. The molecule has 0 bridgehead atoms. The smallest absolute Gasteiger partial charge is 0.230 e. The van der Waals surface area contributed by atoms with Gasteiger partial charge in [0.05, 0.1) is 24.1 Å². The maximum atomic E-state index is 13.4. The largest absolute Gasteiger partial charge is 0.492 e. The van der Waals surface area contributed by atoms with Gasteiger partial charge < -0.3 is 9.84 Å². The molecule has 2 aromatic heterocycles. The predicted octanol–water partition coefficient (Wildman–Crippen LogP) is 2.62. The summed E-state index contributed by atoms with van der Waals surface area (Å²) >= 11 is 1.42. The third-order valence-corrected chi connectivity index (χ3v) is 5.48. The average Bonchev–Trinajstić information content (AvgIpc) is 3.18. The van der Waals surface area contributed by atoms with Crippen LogP contribution in [0.4, 0.5) is 4.39 Å². The van der Waals surface area contributed by atoms with Crippen molar-refractivity contribution in [2.75, 3.05) is 26.3 Å². The quantitative estimate of drug-likeness (QED) is 0.773. The fourth-order valence-corrected chi connectivity index (χ4v) is 4.26. The van der Waals surface area contributed by atoms with Gasteiger partial charge in [0.2, 0.25) is 10.8 Å². The van der Waals surface area contributed by atoms with Crippen LogP contribution in [-0.2, 0) is 11.2 Å². The third kappa shape index (κ3) is 3.01. The maximum Gasteiger partial charge on any atom is 0.230 e. The summed E-state index contributed by atoms with van der Waals surface area (Å²) in [5, 5.41) is 15.1. The van der Waals surface area contributed by atoms with Gasteiger partial charge in [0.15, 0.2) is 5.82 Å². The van der Waals surface area contributed by atoms with Crippen molar-refractivity contribution < 1.29 is 14.2 Å². The SMILES string of the molecule is CCc1nc2sc([C@H](c3ccc(F)cc3)N3CCOCC3)c(O)n2n1. The number of hydrogen-bond donors (Lipinski definition) is 1. The number of fused-ring (bicyclic) bond motifs is 1. The number of aromatic nitrogens is 3. The average molecular weight is 362 g/mol. The summed E-state index contributed by atoms with van der Waals surface area (Å²) in [7, 11) is 0. The lowest BCUT2D eigenvalue weighted by Gasteiger charge is -2.34. The lowest BCUT2D eigenvalue weighted by Crippen LogP contribution is -2.39. The molecule has 3 heterocycles. The zero-order chi connectivity index (χ0) is 17.4. The van der Waals surface area contributed by atoms with Gasteiger partial charge >= 0.3 is 0 Å². The molecule has 1 saturated heterocycles. The molecule has 1 aliphatic heterocycles. The van der Waals surface area contributed by atoms with E-state index in [0.29, 0.717) is 30.4 Å². The second-order valence-corrected chi connectivity index (χ2v) is 6.98. The summed E-state index contributed by atoms with van der Waals surface area (Å²) in [6.07, 6.45) is 0.716. The van der Waals surface area contributed by atoms with Gasteiger partial charge in [0, 0.05) is 19.5 Å². The standard InChI is InChI=1S/C17H19FN4O2S/c1-2-13-19-17-22(20-13)16(23)15(25-17)14(21-7-9-24-10-8-21)11-3-5-12(18)6-4-11/h3-6,14,23H,2,7-10H2,1H3/t14-/m0/s1. The molecule has 8 heteroatoms. The van der Waals surface area contributed by atoms with Crippen molar-refractivity contribution >= 4 is 16.3 Å². The van der Waals surface area contributed by atoms with Crippen LogP contribution in [0.1, 0.15) is 29.2 Å². The Hall–Kier alpha value is -2.03. The van der Waals surface area contributed by atoms with E-state index in [1.54, 1.807) is 12.1 Å². The number of rotatable bonds is 4. The number of aromatic hydroxyl groups is 1. The van der Waals surface area contributed by atoms with Crippen LogP contribution in [0.3, 0.4) is 0 Å². The van der Waals surface area contributed by atoms with Crippen molar-refractivity contribution in [2.45, 2.75) is 19.4 Å². The normalized spacial score (nSPS) is 17.2. The van der Waals surface area contributed by atoms with Gasteiger partial charge in [-0.1, -0.05) is 30.4 Å². The summed E-state index contributed by atoms with van der Waals surface area (Å²) in [6.45, 7) is 4.75. The number of halogens is 1. The number of thiazole rings is 1. The molecular weight excluding hydrogens is 343 g/mol. The summed E-state index contributed by atoms with van der Waals surface area (Å²) in [4.78, 5) is 8.13. The number of nitrogens with zero attached hydrogens (tertiary/aromatic N) is 4. The van der Waals surface area contributed by atoms with Crippen molar-refractivity contribution in [1.29, 1.82) is 0 Å². The van der Waals surface area contributed by atoms with Gasteiger partial charge in [-0.05, 0) is 17.7 Å². The van der Waals surface area contributed by atoms with Crippen LogP contribution >= 0.6 is 11.3 Å². The van der Waals surface area contributed by atoms with E-state index in [9.17, 15) is 9.50 Å². The predicted molar refractivity (Wildman–Crippen MR) is 92.5 cm³/mol. The van der Waals surface area contributed by atoms with E-state index in [-0.39, 0.29) is 17.7 Å². The Labute approximate surface area is 148 Å². The fourth-order valence-electron chi connectivity index (χ4n) is 3.13. The first kappa shape index (κ1) is 16.4. The number of hydrogen-bond acceptors (Lipinski definition) is 6. The van der Waals surface area contributed by atoms with E-state index in [2.05, 4.69) is 15.0 Å². The molecular formula is C17H19FN4O2S. The first-order valence-electron chi connectivity index (χ1n) is 8.32. The van der Waals surface area contributed by atoms with Crippen molar-refractivity contribution in [3.8, 4) is 5.88 Å². The van der Waals surface area contributed by atoms with Crippen molar-refractivity contribution in [3.05, 3.63) is 46.3 Å². The molecule has 0 unspecified atom stereocenters. The minimum Gasteiger partial charge on any atom is -0.492 e. The molecule has 6 nitrogen and oxygen atoms in total. The molecule has 0 radical (unpaired) electrons. The molecule has 0 saturated carbocycles. The van der Waals surface area contributed by atoms with Crippen molar-refractivity contribution in [1.82, 2.24) is 19.5 Å². The van der Waals surface area contributed by atoms with E-state index in [0.717, 1.165) is 23.5 Å². The van der Waals surface area contributed by atoms with Crippen LogP contribution in [0.25, 0.3) is 4.96 Å². The van der Waals surface area contributed by atoms with Crippen LogP contribution < -0.4 is 0 Å². The molecule has 4 rings (SSSR count). The van der Waals surface area contributed by atoms with Crippen LogP contribution in [0.2, 0.25) is 0 Å². The van der Waals surface area contributed by atoms with Crippen LogP contribution in [0, 0.1) is 5.82 Å². The van der Waals surface area contributed by atoms with Gasteiger partial charge in [-0.15, -0.1) is 5.10 Å². The highest BCUT2D eigenvalue weighted by Gasteiger charge is 2.30. The first-order valence-corrected chi connectivity index (χ1v) is 9.13. The molecule has 132 valence electrons. The second-order valence-electron chi connectivity index (χ2n) is 5.97. The number of aryl methyl sites for hydroxylation is 1. The zero-order valence-corrected chi connectivity index (χ0v) is 14.7. The van der Waals surface area contributed by atoms with Crippen LogP contribution in [0.5, 0.6) is 5.88 Å². The van der Waals surface area contributed by atoms with Gasteiger partial charge in [-0.3, -0.25) is 4.90 Å². The Kier molecular flexibility index (Phi) is 4.41. The highest BCUT2D eigenvalue weighted by atomic mass is 32.1. The molecule has 25 heavy (non-hydrogen) atoms. The Morgan fingerprint density at radius 3 is 2.64 bits per heavy atom. The van der Waals surface area contributed by atoms with E-state index in [1.165, 1.54) is 28.0 Å². The topological polar surface area (TPSA) is 62.9 Å². The summed E-state index contributed by atoms with van der Waals surface area (Å²) in [5.74, 6) is 0.537. The molecule has 1 fully saturated rings. The van der Waals surface area contributed by atoms with E-state index in [1.807, 2.05) is 6.92 Å². The Bertz CT molecular complexity index is 871. The van der Waals surface area contributed by atoms with Crippen molar-refractivity contribution in [3.63, 3.8) is 0 Å². The summed E-state index contributed by atoms with van der Waals surface area (Å²) in [6, 6.07) is 6.26. The van der Waals surface area contributed by atoms with Gasteiger partial charge in [0.1, 0.15) is 5.82 Å². The van der Waals surface area contributed by atoms with E-state index in [4.69, 9.17) is 4.74 Å². The summed E-state index contributed by atoms with van der Waals surface area (Å²) < 4.78 is 20.3. The lowest BCUT2D eigenvalue weighted by atomic mass is 10.0. The highest BCUT2D eigenvalue weighted by Crippen LogP contribution is 2.40. The third-order valence-electron chi connectivity index (χ3n) is 4.40. The molecule has 3 aromatic rings. The van der Waals surface area contributed by atoms with Gasteiger partial charge in [-0.2, -0.15) is 4.52 Å². The fraction of sp³-hybridized carbons (Fsp3) is 0.412. The first-order chi connectivity index (χ1) is 12.2. The maximum absolute atomic E-state index is 13.4. The Morgan fingerprint density at radius 2 is 2.00 bits per heavy atom. The van der Waals surface area contributed by atoms with Crippen LogP contribution in [0.15, 0.2) is 24.3 Å². The van der Waals surface area contributed by atoms with E-state index < -0.39 is 0 Å². The van der Waals surface area contributed by atoms with Gasteiger partial charge in [0.25, 0.3) is 0 Å². The zero-order valence-electron chi connectivity index (χ0n) is 13.9. The molecule has 0 spiro atoms. The molecule has 1 atom stereocenters. The van der Waals surface area contributed by atoms with E-state index >= 15 is 0 Å². The number of benzene rings is 1. The highest BCUT2D eigenvalue weighted by molar-refractivity contribution is 7.17. The molecule has 0 amide bonds.